The van der Waals surface area contributed by atoms with Crippen molar-refractivity contribution in [2.24, 2.45) is 10.7 Å². The van der Waals surface area contributed by atoms with E-state index in [-0.39, 0.29) is 30.0 Å². The summed E-state index contributed by atoms with van der Waals surface area (Å²) in [7, 11) is 0. The van der Waals surface area contributed by atoms with Crippen molar-refractivity contribution in [2.75, 3.05) is 44.2 Å². The van der Waals surface area contributed by atoms with Gasteiger partial charge >= 0.3 is 0 Å². The lowest BCUT2D eigenvalue weighted by Crippen LogP contribution is -2.43. The van der Waals surface area contributed by atoms with Crippen molar-refractivity contribution in [3.8, 4) is 0 Å². The maximum absolute atomic E-state index is 6.23. The van der Waals surface area contributed by atoms with E-state index in [1.54, 1.807) is 0 Å². The van der Waals surface area contributed by atoms with Crippen molar-refractivity contribution < 1.29 is 0 Å². The van der Waals surface area contributed by atoms with Crippen LogP contribution in [-0.4, -0.2) is 60.0 Å². The summed E-state index contributed by atoms with van der Waals surface area (Å²) < 4.78 is 0. The molecule has 0 saturated carbocycles. The average Bonchev–Trinajstić information content (AvgIpc) is 3.10. The number of hydrogen-bond acceptors (Lipinski definition) is 3. The highest BCUT2D eigenvalue weighted by atomic mass is 127. The molecular formula is C17H26ClIN4S. The number of rotatable bonds is 4. The molecule has 1 unspecified atom stereocenters. The maximum Gasteiger partial charge on any atom is 0.191 e. The molecule has 1 aromatic carbocycles. The predicted molar refractivity (Wildman–Crippen MR) is 116 cm³/mol. The van der Waals surface area contributed by atoms with Gasteiger partial charge in [0.15, 0.2) is 5.96 Å². The van der Waals surface area contributed by atoms with E-state index in [1.165, 1.54) is 18.4 Å². The van der Waals surface area contributed by atoms with Crippen LogP contribution in [0, 0.1) is 0 Å². The zero-order chi connectivity index (χ0) is 16.1. The molecule has 0 spiro atoms. The SMILES string of the molecule is I.NC(=NCC(c1cccc(Cl)c1)N1CCCC1)N1CCSCC1. The van der Waals surface area contributed by atoms with Gasteiger partial charge in [-0.3, -0.25) is 9.89 Å². The van der Waals surface area contributed by atoms with Gasteiger partial charge in [0.2, 0.25) is 0 Å². The Morgan fingerprint density at radius 2 is 1.92 bits per heavy atom. The first-order chi connectivity index (χ1) is 11.2. The topological polar surface area (TPSA) is 44.9 Å². The number of nitrogens with zero attached hydrogens (tertiary/aromatic N) is 3. The van der Waals surface area contributed by atoms with E-state index in [4.69, 9.17) is 22.3 Å². The van der Waals surface area contributed by atoms with Crippen LogP contribution < -0.4 is 5.73 Å². The minimum absolute atomic E-state index is 0. The van der Waals surface area contributed by atoms with Gasteiger partial charge in [-0.25, -0.2) is 0 Å². The van der Waals surface area contributed by atoms with E-state index in [2.05, 4.69) is 21.9 Å². The Kier molecular flexibility index (Phi) is 8.46. The highest BCUT2D eigenvalue weighted by molar-refractivity contribution is 14.0. The Hall–Kier alpha value is -0.180. The molecule has 24 heavy (non-hydrogen) atoms. The number of thioether (sulfide) groups is 1. The summed E-state index contributed by atoms with van der Waals surface area (Å²) in [4.78, 5) is 9.44. The molecule has 2 N–H and O–H groups in total. The first-order valence-electron chi connectivity index (χ1n) is 8.36. The van der Waals surface area contributed by atoms with Gasteiger partial charge in [0.05, 0.1) is 12.6 Å². The fourth-order valence-corrected chi connectivity index (χ4v) is 4.37. The van der Waals surface area contributed by atoms with Gasteiger partial charge in [-0.2, -0.15) is 11.8 Å². The van der Waals surface area contributed by atoms with Crippen LogP contribution >= 0.6 is 47.3 Å². The molecule has 0 aromatic heterocycles. The Morgan fingerprint density at radius 3 is 2.58 bits per heavy atom. The molecule has 2 aliphatic heterocycles. The standard InChI is InChI=1S/C17H25ClN4S.HI/c18-15-5-3-4-14(12-15)16(21-6-1-2-7-21)13-20-17(19)22-8-10-23-11-9-22;/h3-5,12,16H,1-2,6-11,13H2,(H2,19,20);1H. The molecule has 1 atom stereocenters. The van der Waals surface area contributed by atoms with Crippen molar-refractivity contribution in [1.29, 1.82) is 0 Å². The molecule has 4 nitrogen and oxygen atoms in total. The Bertz CT molecular complexity index is 545. The molecule has 2 heterocycles. The second-order valence-electron chi connectivity index (χ2n) is 6.11. The molecule has 0 amide bonds. The maximum atomic E-state index is 6.23. The van der Waals surface area contributed by atoms with Crippen molar-refractivity contribution >= 4 is 53.3 Å². The monoisotopic (exact) mass is 480 g/mol. The molecule has 3 rings (SSSR count). The molecule has 0 radical (unpaired) electrons. The van der Waals surface area contributed by atoms with Crippen LogP contribution in [0.4, 0.5) is 0 Å². The van der Waals surface area contributed by atoms with E-state index in [1.807, 2.05) is 23.9 Å². The Balaban J connectivity index is 0.00000208. The number of guanidine groups is 1. The molecule has 0 aliphatic carbocycles. The molecule has 2 saturated heterocycles. The van der Waals surface area contributed by atoms with Gasteiger partial charge in [-0.05, 0) is 43.6 Å². The van der Waals surface area contributed by atoms with Crippen molar-refractivity contribution in [3.05, 3.63) is 34.9 Å². The Morgan fingerprint density at radius 1 is 1.21 bits per heavy atom. The predicted octanol–water partition coefficient (Wildman–Crippen LogP) is 3.46. The van der Waals surface area contributed by atoms with Gasteiger partial charge < -0.3 is 10.6 Å². The normalized spacial score (nSPS) is 20.7. The fourth-order valence-electron chi connectivity index (χ4n) is 3.27. The summed E-state index contributed by atoms with van der Waals surface area (Å²) in [5.41, 5.74) is 7.47. The lowest BCUT2D eigenvalue weighted by atomic mass is 10.1. The fraction of sp³-hybridized carbons (Fsp3) is 0.588. The quantitative estimate of drug-likeness (QED) is 0.407. The number of hydrogen-bond donors (Lipinski definition) is 1. The van der Waals surface area contributed by atoms with Crippen LogP contribution in [0.1, 0.15) is 24.4 Å². The highest BCUT2D eigenvalue weighted by Crippen LogP contribution is 2.27. The van der Waals surface area contributed by atoms with Crippen LogP contribution in [-0.2, 0) is 0 Å². The van der Waals surface area contributed by atoms with Crippen LogP contribution in [0.2, 0.25) is 5.02 Å². The number of halogens is 2. The van der Waals surface area contributed by atoms with E-state index < -0.39 is 0 Å². The van der Waals surface area contributed by atoms with Crippen LogP contribution in [0.5, 0.6) is 0 Å². The minimum Gasteiger partial charge on any atom is -0.370 e. The summed E-state index contributed by atoms with van der Waals surface area (Å²) in [6.45, 7) is 4.98. The Labute approximate surface area is 171 Å². The number of likely N-dealkylation sites (tertiary alicyclic amines) is 1. The lowest BCUT2D eigenvalue weighted by molar-refractivity contribution is 0.251. The molecule has 2 aliphatic rings. The first-order valence-corrected chi connectivity index (χ1v) is 9.89. The average molecular weight is 481 g/mol. The smallest absolute Gasteiger partial charge is 0.191 e. The third kappa shape index (κ3) is 5.41. The molecule has 7 heteroatoms. The van der Waals surface area contributed by atoms with E-state index in [0.717, 1.165) is 42.7 Å². The van der Waals surface area contributed by atoms with Gasteiger partial charge in [0, 0.05) is 29.6 Å². The van der Waals surface area contributed by atoms with Crippen LogP contribution in [0.3, 0.4) is 0 Å². The third-order valence-corrected chi connectivity index (χ3v) is 5.75. The largest absolute Gasteiger partial charge is 0.370 e. The molecule has 134 valence electrons. The lowest BCUT2D eigenvalue weighted by Gasteiger charge is -2.29. The summed E-state index contributed by atoms with van der Waals surface area (Å²) in [5.74, 6) is 2.97. The molecular weight excluding hydrogens is 455 g/mol. The van der Waals surface area contributed by atoms with Gasteiger partial charge in [0.1, 0.15) is 0 Å². The number of nitrogens with two attached hydrogens (primary N) is 1. The van der Waals surface area contributed by atoms with Crippen LogP contribution in [0.25, 0.3) is 0 Å². The summed E-state index contributed by atoms with van der Waals surface area (Å²) in [6, 6.07) is 8.44. The molecule has 1 aromatic rings. The van der Waals surface area contributed by atoms with Gasteiger partial charge in [-0.15, -0.1) is 24.0 Å². The van der Waals surface area contributed by atoms with E-state index in [9.17, 15) is 0 Å². The summed E-state index contributed by atoms with van der Waals surface area (Å²) in [5, 5.41) is 0.789. The first kappa shape index (κ1) is 20.1. The van der Waals surface area contributed by atoms with Crippen molar-refractivity contribution in [3.63, 3.8) is 0 Å². The van der Waals surface area contributed by atoms with E-state index >= 15 is 0 Å². The van der Waals surface area contributed by atoms with Gasteiger partial charge in [0.25, 0.3) is 0 Å². The minimum atomic E-state index is 0. The van der Waals surface area contributed by atoms with Crippen LogP contribution in [0.15, 0.2) is 29.3 Å². The molecule has 0 bridgehead atoms. The highest BCUT2D eigenvalue weighted by Gasteiger charge is 2.24. The van der Waals surface area contributed by atoms with Crippen molar-refractivity contribution in [2.45, 2.75) is 18.9 Å². The zero-order valence-corrected chi connectivity index (χ0v) is 17.8. The van der Waals surface area contributed by atoms with Crippen molar-refractivity contribution in [1.82, 2.24) is 9.80 Å². The number of benzene rings is 1. The van der Waals surface area contributed by atoms with E-state index in [0.29, 0.717) is 12.5 Å². The third-order valence-electron chi connectivity index (χ3n) is 4.58. The molecule has 2 fully saturated rings. The second kappa shape index (κ2) is 10.1. The zero-order valence-electron chi connectivity index (χ0n) is 13.9. The summed E-state index contributed by atoms with van der Waals surface area (Å²) in [6.07, 6.45) is 2.53. The van der Waals surface area contributed by atoms with Gasteiger partial charge in [-0.1, -0.05) is 23.7 Å². The second-order valence-corrected chi connectivity index (χ2v) is 7.77. The number of aliphatic imine (C=N–C) groups is 1. The summed E-state index contributed by atoms with van der Waals surface area (Å²) >= 11 is 8.17.